The lowest BCUT2D eigenvalue weighted by atomic mass is 9.45. The minimum absolute atomic E-state index is 0.0533. The predicted molar refractivity (Wildman–Crippen MR) is 125 cm³/mol. The highest BCUT2D eigenvalue weighted by Gasteiger charge is 2.69. The Morgan fingerprint density at radius 2 is 2.00 bits per heavy atom. The number of fused-ring (bicyclic) bond motifs is 1. The number of ether oxygens (including phenoxy) is 3. The molecule has 1 saturated heterocycles. The minimum atomic E-state index is -2.08. The van der Waals surface area contributed by atoms with Crippen LogP contribution >= 0.6 is 0 Å². The second-order valence-corrected chi connectivity index (χ2v) is 16.3. The highest BCUT2D eigenvalue weighted by Crippen LogP contribution is 2.64. The van der Waals surface area contributed by atoms with Gasteiger partial charge in [-0.15, -0.1) is 6.58 Å². The molecule has 0 N–H and O–H groups in total. The van der Waals surface area contributed by atoms with Gasteiger partial charge in [0.2, 0.25) is 0 Å². The summed E-state index contributed by atoms with van der Waals surface area (Å²) in [6.07, 6.45) is 7.58. The third-order valence-electron chi connectivity index (χ3n) is 8.23. The van der Waals surface area contributed by atoms with Crippen LogP contribution in [0.25, 0.3) is 0 Å². The molecule has 5 nitrogen and oxygen atoms in total. The molecule has 31 heavy (non-hydrogen) atoms. The maximum Gasteiger partial charge on any atom is 0.315 e. The Morgan fingerprint density at radius 1 is 1.32 bits per heavy atom. The van der Waals surface area contributed by atoms with E-state index in [1.807, 2.05) is 26.8 Å². The van der Waals surface area contributed by atoms with Crippen molar-refractivity contribution in [1.29, 1.82) is 0 Å². The van der Waals surface area contributed by atoms with Crippen LogP contribution < -0.4 is 0 Å². The average Bonchev–Trinajstić information content (AvgIpc) is 2.66. The van der Waals surface area contributed by atoms with Gasteiger partial charge in [0.1, 0.15) is 5.41 Å². The van der Waals surface area contributed by atoms with Gasteiger partial charge in [-0.1, -0.05) is 39.0 Å². The SMILES string of the molecule is C=CC[C@]12C=C[C@H](C[C@]1(CO[Si](C)(C)C(C)(C)C)C(=O)OCC)[C@@H]1COC(C)(C)O[C@@H]12. The molecule has 0 unspecified atom stereocenters. The van der Waals surface area contributed by atoms with E-state index in [-0.39, 0.29) is 28.9 Å². The van der Waals surface area contributed by atoms with Crippen LogP contribution in [0.15, 0.2) is 24.8 Å². The van der Waals surface area contributed by atoms with Crippen LogP contribution in [-0.4, -0.2) is 46.0 Å². The lowest BCUT2D eigenvalue weighted by Gasteiger charge is -2.64. The highest BCUT2D eigenvalue weighted by atomic mass is 28.4. The van der Waals surface area contributed by atoms with E-state index in [1.165, 1.54) is 0 Å². The van der Waals surface area contributed by atoms with Gasteiger partial charge >= 0.3 is 5.97 Å². The van der Waals surface area contributed by atoms with Crippen LogP contribution in [-0.2, 0) is 23.4 Å². The Hall–Kier alpha value is -0.953. The number of allylic oxidation sites excluding steroid dienone is 2. The normalized spacial score (nSPS) is 36.7. The van der Waals surface area contributed by atoms with Crippen molar-refractivity contribution >= 4 is 14.3 Å². The summed E-state index contributed by atoms with van der Waals surface area (Å²) in [5.41, 5.74) is -1.37. The first kappa shape index (κ1) is 24.7. The number of hydrogen-bond acceptors (Lipinski definition) is 5. The quantitative estimate of drug-likeness (QED) is 0.292. The monoisotopic (exact) mass is 450 g/mol. The van der Waals surface area contributed by atoms with Gasteiger partial charge in [-0.05, 0) is 57.7 Å². The molecule has 6 heteroatoms. The van der Waals surface area contributed by atoms with Gasteiger partial charge in [-0.2, -0.15) is 0 Å². The first-order valence-corrected chi connectivity index (χ1v) is 14.6. The molecule has 0 aromatic heterocycles. The largest absolute Gasteiger partial charge is 0.465 e. The lowest BCUT2D eigenvalue weighted by molar-refractivity contribution is -0.340. The molecule has 0 spiro atoms. The van der Waals surface area contributed by atoms with Crippen molar-refractivity contribution in [3.63, 3.8) is 0 Å². The van der Waals surface area contributed by atoms with E-state index in [9.17, 15) is 4.79 Å². The summed E-state index contributed by atoms with van der Waals surface area (Å²) < 4.78 is 25.1. The van der Waals surface area contributed by atoms with E-state index in [0.29, 0.717) is 32.7 Å². The van der Waals surface area contributed by atoms with Gasteiger partial charge in [-0.3, -0.25) is 4.79 Å². The summed E-state index contributed by atoms with van der Waals surface area (Å²) in [5, 5.41) is 0.0533. The fraction of sp³-hybridized carbons (Fsp3) is 0.800. The second-order valence-electron chi connectivity index (χ2n) is 11.5. The van der Waals surface area contributed by atoms with Crippen LogP contribution in [0.1, 0.15) is 54.4 Å². The average molecular weight is 451 g/mol. The zero-order valence-electron chi connectivity index (χ0n) is 20.7. The summed E-state index contributed by atoms with van der Waals surface area (Å²) in [7, 11) is -2.08. The van der Waals surface area contributed by atoms with Crippen LogP contribution in [0.2, 0.25) is 18.1 Å². The van der Waals surface area contributed by atoms with Crippen LogP contribution in [0.5, 0.6) is 0 Å². The van der Waals surface area contributed by atoms with E-state index in [4.69, 9.17) is 18.6 Å². The van der Waals surface area contributed by atoms with E-state index < -0.39 is 24.9 Å². The maximum atomic E-state index is 13.8. The third-order valence-corrected chi connectivity index (χ3v) is 12.7. The van der Waals surface area contributed by atoms with Gasteiger partial charge in [0, 0.05) is 11.3 Å². The maximum absolute atomic E-state index is 13.8. The van der Waals surface area contributed by atoms with Gasteiger partial charge in [0.15, 0.2) is 14.1 Å². The summed E-state index contributed by atoms with van der Waals surface area (Å²) >= 11 is 0. The molecule has 3 aliphatic carbocycles. The molecule has 4 rings (SSSR count). The molecule has 176 valence electrons. The Kier molecular flexibility index (Phi) is 6.47. The summed E-state index contributed by atoms with van der Waals surface area (Å²) in [6, 6.07) is 0. The van der Waals surface area contributed by atoms with Gasteiger partial charge in [-0.25, -0.2) is 0 Å². The first-order chi connectivity index (χ1) is 14.3. The predicted octanol–water partition coefficient (Wildman–Crippen LogP) is 5.48. The lowest BCUT2D eigenvalue weighted by Crippen LogP contribution is -2.69. The fourth-order valence-electron chi connectivity index (χ4n) is 5.36. The van der Waals surface area contributed by atoms with E-state index in [0.717, 1.165) is 0 Å². The molecule has 2 bridgehead atoms. The van der Waals surface area contributed by atoms with Gasteiger partial charge in [0.25, 0.3) is 0 Å². The number of hydrogen-bond donors (Lipinski definition) is 0. The van der Waals surface area contributed by atoms with Crippen LogP contribution in [0, 0.1) is 22.7 Å². The Balaban J connectivity index is 2.10. The van der Waals surface area contributed by atoms with Crippen molar-refractivity contribution in [2.75, 3.05) is 19.8 Å². The van der Waals surface area contributed by atoms with E-state index in [2.05, 4.69) is 52.6 Å². The smallest absolute Gasteiger partial charge is 0.315 e. The molecule has 0 amide bonds. The second kappa shape index (κ2) is 8.12. The number of carbonyl (C=O) groups excluding carboxylic acids is 1. The topological polar surface area (TPSA) is 54.0 Å². The van der Waals surface area contributed by atoms with Gasteiger partial charge in [0.05, 0.1) is 25.9 Å². The molecule has 1 aliphatic heterocycles. The summed E-state index contributed by atoms with van der Waals surface area (Å²) in [6.45, 7) is 22.3. The Morgan fingerprint density at radius 3 is 2.58 bits per heavy atom. The molecule has 0 aromatic carbocycles. The van der Waals surface area contributed by atoms with Crippen molar-refractivity contribution in [3.05, 3.63) is 24.8 Å². The van der Waals surface area contributed by atoms with Crippen molar-refractivity contribution in [3.8, 4) is 0 Å². The van der Waals surface area contributed by atoms with E-state index >= 15 is 0 Å². The van der Waals surface area contributed by atoms with Crippen molar-refractivity contribution in [1.82, 2.24) is 0 Å². The van der Waals surface area contributed by atoms with Crippen LogP contribution in [0.4, 0.5) is 0 Å². The first-order valence-electron chi connectivity index (χ1n) is 11.7. The van der Waals surface area contributed by atoms with Gasteiger partial charge < -0.3 is 18.6 Å². The number of rotatable bonds is 7. The zero-order chi connectivity index (χ0) is 23.3. The number of carbonyl (C=O) groups is 1. The molecule has 4 aliphatic rings. The zero-order valence-corrected chi connectivity index (χ0v) is 21.7. The minimum Gasteiger partial charge on any atom is -0.465 e. The molecular weight excluding hydrogens is 408 g/mol. The molecule has 2 fully saturated rings. The summed E-state index contributed by atoms with van der Waals surface area (Å²) in [4.78, 5) is 13.8. The molecule has 1 heterocycles. The standard InChI is InChI=1S/C25H42O5Si/c1-10-13-24-14-12-18(19-16-28-23(6,7)30-20(19)24)15-25(24,21(26)27-11-2)17-29-31(8,9)22(3,4)5/h10,12,14,18-20H,1,11,13,15-17H2,2-9H3/t18-,19+,20+,24-,25+/m1/s1. The Labute approximate surface area is 189 Å². The fourth-order valence-corrected chi connectivity index (χ4v) is 6.40. The molecular formula is C25H42O5Si. The van der Waals surface area contributed by atoms with Crippen molar-refractivity contribution < 1.29 is 23.4 Å². The van der Waals surface area contributed by atoms with Crippen molar-refractivity contribution in [2.24, 2.45) is 22.7 Å². The number of esters is 1. The van der Waals surface area contributed by atoms with Crippen LogP contribution in [0.3, 0.4) is 0 Å². The molecule has 1 saturated carbocycles. The van der Waals surface area contributed by atoms with E-state index in [1.54, 1.807) is 0 Å². The summed E-state index contributed by atoms with van der Waals surface area (Å²) in [5.74, 6) is -0.452. The molecule has 5 atom stereocenters. The highest BCUT2D eigenvalue weighted by molar-refractivity contribution is 6.74. The van der Waals surface area contributed by atoms with Crippen molar-refractivity contribution in [2.45, 2.75) is 84.4 Å². The third kappa shape index (κ3) is 3.98. The molecule has 0 radical (unpaired) electrons. The molecule has 0 aromatic rings. The Bertz CT molecular complexity index is 737.